The Balaban J connectivity index is 0.000000247. The number of hydrogen-bond acceptors (Lipinski definition) is 2. The van der Waals surface area contributed by atoms with E-state index in [1.165, 1.54) is 23.6 Å². The van der Waals surface area contributed by atoms with Crippen LogP contribution in [0.15, 0.2) is 42.5 Å². The topological polar surface area (TPSA) is 29.5 Å². The minimum absolute atomic E-state index is 0.332. The van der Waals surface area contributed by atoms with Crippen LogP contribution in [0.5, 0.6) is 0 Å². The number of benzene rings is 2. The van der Waals surface area contributed by atoms with Gasteiger partial charge in [-0.3, -0.25) is 0 Å². The van der Waals surface area contributed by atoms with E-state index in [0.29, 0.717) is 0 Å². The summed E-state index contributed by atoms with van der Waals surface area (Å²) in [4.78, 5) is 0. The van der Waals surface area contributed by atoms with Crippen molar-refractivity contribution in [1.29, 1.82) is 0 Å². The van der Waals surface area contributed by atoms with Crippen molar-refractivity contribution in [2.24, 2.45) is 0 Å². The van der Waals surface area contributed by atoms with E-state index >= 15 is 0 Å². The molecule has 1 aliphatic heterocycles. The molecule has 108 valence electrons. The van der Waals surface area contributed by atoms with Crippen molar-refractivity contribution in [2.45, 2.75) is 38.7 Å². The quantitative estimate of drug-likeness (QED) is 0.893. The van der Waals surface area contributed by atoms with Gasteiger partial charge in [0.15, 0.2) is 0 Å². The SMILES string of the molecule is C1CCOC1.CCCC(O)c1cccc2ccccc12. The van der Waals surface area contributed by atoms with Crippen LogP contribution in [-0.2, 0) is 4.74 Å². The van der Waals surface area contributed by atoms with E-state index in [1.807, 2.05) is 24.3 Å². The number of fused-ring (bicyclic) bond motifs is 1. The molecule has 20 heavy (non-hydrogen) atoms. The zero-order valence-corrected chi connectivity index (χ0v) is 12.2. The molecule has 2 heteroatoms. The lowest BCUT2D eigenvalue weighted by molar-refractivity contribution is 0.168. The molecule has 0 amide bonds. The molecule has 2 nitrogen and oxygen atoms in total. The number of ether oxygens (including phenoxy) is 1. The summed E-state index contributed by atoms with van der Waals surface area (Å²) in [5.74, 6) is 0. The van der Waals surface area contributed by atoms with Gasteiger partial charge in [-0.25, -0.2) is 0 Å². The number of hydrogen-bond donors (Lipinski definition) is 1. The second kappa shape index (κ2) is 8.03. The van der Waals surface area contributed by atoms with Crippen molar-refractivity contribution < 1.29 is 9.84 Å². The fourth-order valence-electron chi connectivity index (χ4n) is 2.48. The van der Waals surface area contributed by atoms with Crippen LogP contribution in [0, 0.1) is 0 Å². The predicted molar refractivity (Wildman–Crippen MR) is 83.9 cm³/mol. The van der Waals surface area contributed by atoms with E-state index in [1.54, 1.807) is 0 Å². The Bertz CT molecular complexity index is 505. The fourth-order valence-corrected chi connectivity index (χ4v) is 2.48. The number of aliphatic hydroxyl groups excluding tert-OH is 1. The van der Waals surface area contributed by atoms with Crippen molar-refractivity contribution in [3.05, 3.63) is 48.0 Å². The van der Waals surface area contributed by atoms with Crippen LogP contribution < -0.4 is 0 Å². The normalized spacial score (nSPS) is 15.7. The van der Waals surface area contributed by atoms with E-state index in [-0.39, 0.29) is 6.10 Å². The Hall–Kier alpha value is -1.38. The van der Waals surface area contributed by atoms with Gasteiger partial charge >= 0.3 is 0 Å². The first-order chi connectivity index (χ1) is 9.83. The van der Waals surface area contributed by atoms with Crippen LogP contribution in [0.4, 0.5) is 0 Å². The standard InChI is InChI=1S/C14H16O.C4H8O/c1-2-6-14(15)13-10-5-8-11-7-3-4-9-12(11)13;1-2-4-5-3-1/h3-5,7-10,14-15H,2,6H2,1H3;1-4H2. The zero-order valence-electron chi connectivity index (χ0n) is 12.2. The monoisotopic (exact) mass is 272 g/mol. The van der Waals surface area contributed by atoms with Crippen molar-refractivity contribution in [3.63, 3.8) is 0 Å². The molecule has 2 aromatic carbocycles. The third kappa shape index (κ3) is 4.06. The lowest BCUT2D eigenvalue weighted by Gasteiger charge is -2.12. The maximum atomic E-state index is 10.0. The van der Waals surface area contributed by atoms with Gasteiger partial charge in [0, 0.05) is 13.2 Å². The average molecular weight is 272 g/mol. The first kappa shape index (κ1) is 15.0. The van der Waals surface area contributed by atoms with E-state index in [4.69, 9.17) is 4.74 Å². The van der Waals surface area contributed by atoms with Gasteiger partial charge in [-0.1, -0.05) is 55.8 Å². The lowest BCUT2D eigenvalue weighted by Crippen LogP contribution is -1.97. The second-order valence-electron chi connectivity index (χ2n) is 5.19. The summed E-state index contributed by atoms with van der Waals surface area (Å²) in [6.07, 6.45) is 4.05. The molecule has 0 spiro atoms. The van der Waals surface area contributed by atoms with Crippen molar-refractivity contribution in [2.75, 3.05) is 13.2 Å². The highest BCUT2D eigenvalue weighted by Gasteiger charge is 2.09. The highest BCUT2D eigenvalue weighted by atomic mass is 16.5. The summed E-state index contributed by atoms with van der Waals surface area (Å²) in [5.41, 5.74) is 1.05. The Morgan fingerprint density at radius 2 is 1.75 bits per heavy atom. The van der Waals surface area contributed by atoms with Gasteiger partial charge in [-0.05, 0) is 35.6 Å². The summed E-state index contributed by atoms with van der Waals surface area (Å²) < 4.78 is 4.94. The molecule has 3 rings (SSSR count). The first-order valence-electron chi connectivity index (χ1n) is 7.56. The highest BCUT2D eigenvalue weighted by Crippen LogP contribution is 2.26. The maximum absolute atomic E-state index is 10.0. The molecule has 1 N–H and O–H groups in total. The third-order valence-electron chi connectivity index (χ3n) is 3.57. The van der Waals surface area contributed by atoms with Crippen LogP contribution in [-0.4, -0.2) is 18.3 Å². The molecule has 2 aromatic rings. The summed E-state index contributed by atoms with van der Waals surface area (Å²) >= 11 is 0. The van der Waals surface area contributed by atoms with Crippen molar-refractivity contribution >= 4 is 10.8 Å². The van der Waals surface area contributed by atoms with Gasteiger partial charge in [0.25, 0.3) is 0 Å². The second-order valence-corrected chi connectivity index (χ2v) is 5.19. The molecule has 1 heterocycles. The molecule has 1 fully saturated rings. The number of rotatable bonds is 3. The van der Waals surface area contributed by atoms with Gasteiger partial charge in [0.05, 0.1) is 6.10 Å². The molecule has 0 aromatic heterocycles. The van der Waals surface area contributed by atoms with Crippen LogP contribution in [0.2, 0.25) is 0 Å². The van der Waals surface area contributed by atoms with E-state index < -0.39 is 0 Å². The van der Waals surface area contributed by atoms with Crippen LogP contribution in [0.25, 0.3) is 10.8 Å². The van der Waals surface area contributed by atoms with Gasteiger partial charge in [0.2, 0.25) is 0 Å². The molecule has 0 saturated carbocycles. The summed E-state index contributed by atoms with van der Waals surface area (Å²) in [5, 5.41) is 12.4. The fraction of sp³-hybridized carbons (Fsp3) is 0.444. The van der Waals surface area contributed by atoms with E-state index in [9.17, 15) is 5.11 Å². The summed E-state index contributed by atoms with van der Waals surface area (Å²) in [6.45, 7) is 4.09. The van der Waals surface area contributed by atoms with Crippen molar-refractivity contribution in [3.8, 4) is 0 Å². The molecule has 1 aliphatic rings. The van der Waals surface area contributed by atoms with Gasteiger partial charge < -0.3 is 9.84 Å². The molecular formula is C18H24O2. The minimum Gasteiger partial charge on any atom is -0.388 e. The number of aliphatic hydroxyl groups is 1. The minimum atomic E-state index is -0.332. The zero-order chi connectivity index (χ0) is 14.2. The Morgan fingerprint density at radius 3 is 2.40 bits per heavy atom. The summed E-state index contributed by atoms with van der Waals surface area (Å²) in [7, 11) is 0. The summed E-state index contributed by atoms with van der Waals surface area (Å²) in [6, 6.07) is 14.3. The van der Waals surface area contributed by atoms with Gasteiger partial charge in [0.1, 0.15) is 0 Å². The Kier molecular flexibility index (Phi) is 6.03. The Labute approximate surface area is 121 Å². The Morgan fingerprint density at radius 1 is 1.05 bits per heavy atom. The third-order valence-corrected chi connectivity index (χ3v) is 3.57. The molecule has 1 unspecified atom stereocenters. The van der Waals surface area contributed by atoms with Crippen molar-refractivity contribution in [1.82, 2.24) is 0 Å². The van der Waals surface area contributed by atoms with Gasteiger partial charge in [-0.15, -0.1) is 0 Å². The molecule has 0 radical (unpaired) electrons. The van der Waals surface area contributed by atoms with E-state index in [0.717, 1.165) is 31.6 Å². The average Bonchev–Trinajstić information content (AvgIpc) is 3.06. The smallest absolute Gasteiger partial charge is 0.0795 e. The van der Waals surface area contributed by atoms with Crippen LogP contribution in [0.1, 0.15) is 44.3 Å². The highest BCUT2D eigenvalue weighted by molar-refractivity contribution is 5.85. The van der Waals surface area contributed by atoms with E-state index in [2.05, 4.69) is 25.1 Å². The molecule has 0 aliphatic carbocycles. The molecule has 0 bridgehead atoms. The largest absolute Gasteiger partial charge is 0.388 e. The molecule has 1 saturated heterocycles. The van der Waals surface area contributed by atoms with Crippen LogP contribution >= 0.6 is 0 Å². The predicted octanol–water partition coefficient (Wildman–Crippen LogP) is 4.47. The first-order valence-corrected chi connectivity index (χ1v) is 7.56. The maximum Gasteiger partial charge on any atom is 0.0795 e. The van der Waals surface area contributed by atoms with Gasteiger partial charge in [-0.2, -0.15) is 0 Å². The lowest BCUT2D eigenvalue weighted by atomic mass is 9.98. The van der Waals surface area contributed by atoms with Crippen LogP contribution in [0.3, 0.4) is 0 Å². The molecule has 1 atom stereocenters. The molecular weight excluding hydrogens is 248 g/mol.